The molecule has 0 spiro atoms. The van der Waals surface area contributed by atoms with Crippen LogP contribution in [0.5, 0.6) is 5.75 Å². The van der Waals surface area contributed by atoms with Gasteiger partial charge in [-0.3, -0.25) is 0 Å². The van der Waals surface area contributed by atoms with Crippen molar-refractivity contribution in [3.8, 4) is 5.75 Å². The zero-order valence-electron chi connectivity index (χ0n) is 19.3. The van der Waals surface area contributed by atoms with Crippen molar-refractivity contribution in [1.29, 1.82) is 0 Å². The largest absolute Gasteiger partial charge is 0.507 e. The number of phenols is 1. The maximum Gasteiger partial charge on any atom is 0.330 e. The molecular weight excluding hydrogens is 372 g/mol. The number of benzene rings is 2. The third-order valence-corrected chi connectivity index (χ3v) is 5.10. The zero-order chi connectivity index (χ0) is 22.4. The lowest BCUT2D eigenvalue weighted by Crippen LogP contribution is -2.18. The predicted molar refractivity (Wildman–Crippen MR) is 125 cm³/mol. The first-order valence-corrected chi connectivity index (χ1v) is 10.8. The number of ether oxygens (including phenoxy) is 1. The second-order valence-corrected chi connectivity index (χ2v) is 9.91. The molecule has 3 nitrogen and oxygen atoms in total. The van der Waals surface area contributed by atoms with Crippen molar-refractivity contribution < 1.29 is 14.6 Å². The normalized spacial score (nSPS) is 12.3. The Labute approximate surface area is 181 Å². The smallest absolute Gasteiger partial charge is 0.330 e. The highest BCUT2D eigenvalue weighted by atomic mass is 16.5. The van der Waals surface area contributed by atoms with Gasteiger partial charge in [0.05, 0.1) is 6.61 Å². The van der Waals surface area contributed by atoms with E-state index in [9.17, 15) is 9.90 Å². The summed E-state index contributed by atoms with van der Waals surface area (Å²) in [5.74, 6) is 0.103. The number of carbonyl (C=O) groups excluding carboxylic acids is 1. The Balaban J connectivity index is 1.91. The molecule has 0 aliphatic rings. The number of rotatable bonds is 7. The molecule has 0 atom stereocenters. The fourth-order valence-electron chi connectivity index (χ4n) is 3.36. The first-order chi connectivity index (χ1) is 14.0. The topological polar surface area (TPSA) is 46.5 Å². The first-order valence-electron chi connectivity index (χ1n) is 10.8. The van der Waals surface area contributed by atoms with Crippen LogP contribution in [0.2, 0.25) is 0 Å². The molecule has 2 aromatic rings. The molecule has 0 saturated carbocycles. The summed E-state index contributed by atoms with van der Waals surface area (Å²) in [7, 11) is 0. The van der Waals surface area contributed by atoms with Crippen LogP contribution in [0.4, 0.5) is 0 Å². The summed E-state index contributed by atoms with van der Waals surface area (Å²) < 4.78 is 5.31. The standard InChI is InChI=1S/C27H36O3/c1-26(2,3)22-18-21(19-23(25(22)29)27(4,5)6)14-10-11-17-30-24(28)16-15-20-12-8-7-9-13-20/h7-9,12-13,15-16,18-19,29H,10-11,14,17H2,1-6H3. The SMILES string of the molecule is CC(C)(C)c1cc(CCCCOC(=O)C=Cc2ccccc2)cc(C(C)(C)C)c1O. The van der Waals surface area contributed by atoms with Crippen LogP contribution in [-0.4, -0.2) is 17.7 Å². The molecule has 0 aliphatic heterocycles. The highest BCUT2D eigenvalue weighted by molar-refractivity contribution is 5.87. The minimum atomic E-state index is -0.312. The Morgan fingerprint density at radius 3 is 2.03 bits per heavy atom. The van der Waals surface area contributed by atoms with Gasteiger partial charge in [0.2, 0.25) is 0 Å². The van der Waals surface area contributed by atoms with Gasteiger partial charge in [0.1, 0.15) is 5.75 Å². The number of aryl methyl sites for hydroxylation is 1. The Morgan fingerprint density at radius 1 is 0.933 bits per heavy atom. The van der Waals surface area contributed by atoms with E-state index >= 15 is 0 Å². The second kappa shape index (κ2) is 9.97. The maximum absolute atomic E-state index is 11.9. The highest BCUT2D eigenvalue weighted by Gasteiger charge is 2.26. The number of phenolic OH excluding ortho intramolecular Hbond substituents is 1. The van der Waals surface area contributed by atoms with Gasteiger partial charge in [-0.1, -0.05) is 84.0 Å². The molecule has 0 aliphatic carbocycles. The predicted octanol–water partition coefficient (Wildman–Crippen LogP) is 6.57. The highest BCUT2D eigenvalue weighted by Crippen LogP contribution is 2.40. The Hall–Kier alpha value is -2.55. The van der Waals surface area contributed by atoms with E-state index in [0.29, 0.717) is 12.4 Å². The fraction of sp³-hybridized carbons (Fsp3) is 0.444. The van der Waals surface area contributed by atoms with Crippen molar-refractivity contribution in [2.24, 2.45) is 0 Å². The van der Waals surface area contributed by atoms with Gasteiger partial charge >= 0.3 is 5.97 Å². The zero-order valence-corrected chi connectivity index (χ0v) is 19.3. The summed E-state index contributed by atoms with van der Waals surface area (Å²) in [5, 5.41) is 10.8. The van der Waals surface area contributed by atoms with Crippen molar-refractivity contribution >= 4 is 12.0 Å². The maximum atomic E-state index is 11.9. The Bertz CT molecular complexity index is 830. The molecule has 162 valence electrons. The van der Waals surface area contributed by atoms with Crippen molar-refractivity contribution in [3.05, 3.63) is 70.8 Å². The van der Waals surface area contributed by atoms with Crippen molar-refractivity contribution in [2.45, 2.75) is 71.6 Å². The number of hydrogen-bond donors (Lipinski definition) is 1. The third kappa shape index (κ3) is 7.05. The fourth-order valence-corrected chi connectivity index (χ4v) is 3.36. The molecule has 0 bridgehead atoms. The van der Waals surface area contributed by atoms with Crippen molar-refractivity contribution in [3.63, 3.8) is 0 Å². The van der Waals surface area contributed by atoms with E-state index in [2.05, 4.69) is 53.7 Å². The van der Waals surface area contributed by atoms with Crippen LogP contribution in [0.3, 0.4) is 0 Å². The number of carbonyl (C=O) groups is 1. The number of hydrogen-bond acceptors (Lipinski definition) is 3. The van der Waals surface area contributed by atoms with Gasteiger partial charge in [0, 0.05) is 6.08 Å². The lowest BCUT2D eigenvalue weighted by atomic mass is 9.78. The minimum absolute atomic E-state index is 0.124. The molecule has 0 unspecified atom stereocenters. The van der Waals surface area contributed by atoms with E-state index < -0.39 is 0 Å². The van der Waals surface area contributed by atoms with Gasteiger partial charge < -0.3 is 9.84 Å². The molecule has 0 heterocycles. The minimum Gasteiger partial charge on any atom is -0.507 e. The molecule has 2 aromatic carbocycles. The molecule has 0 aromatic heterocycles. The van der Waals surface area contributed by atoms with E-state index in [1.165, 1.54) is 11.6 Å². The van der Waals surface area contributed by atoms with E-state index in [1.807, 2.05) is 30.3 Å². The molecule has 0 radical (unpaired) electrons. The monoisotopic (exact) mass is 408 g/mol. The van der Waals surface area contributed by atoms with Crippen LogP contribution in [0.15, 0.2) is 48.5 Å². The van der Waals surface area contributed by atoms with Crippen molar-refractivity contribution in [2.75, 3.05) is 6.61 Å². The molecule has 3 heteroatoms. The summed E-state index contributed by atoms with van der Waals surface area (Å²) >= 11 is 0. The second-order valence-electron chi connectivity index (χ2n) is 9.91. The first kappa shape index (κ1) is 23.7. The molecule has 0 amide bonds. The number of unbranched alkanes of at least 4 members (excludes halogenated alkanes) is 1. The van der Waals surface area contributed by atoms with Gasteiger partial charge in [-0.05, 0) is 58.4 Å². The van der Waals surface area contributed by atoms with E-state index in [1.54, 1.807) is 6.08 Å². The molecule has 2 rings (SSSR count). The number of aromatic hydroxyl groups is 1. The summed E-state index contributed by atoms with van der Waals surface area (Å²) in [6.07, 6.45) is 5.86. The van der Waals surface area contributed by atoms with E-state index in [0.717, 1.165) is 36.0 Å². The molecule has 1 N–H and O–H groups in total. The van der Waals surface area contributed by atoms with E-state index in [-0.39, 0.29) is 16.8 Å². The van der Waals surface area contributed by atoms with Gasteiger partial charge in [0.25, 0.3) is 0 Å². The van der Waals surface area contributed by atoms with Gasteiger partial charge in [-0.25, -0.2) is 4.79 Å². The quantitative estimate of drug-likeness (QED) is 0.320. The van der Waals surface area contributed by atoms with Crippen LogP contribution in [0.1, 0.15) is 76.6 Å². The lowest BCUT2D eigenvalue weighted by Gasteiger charge is -2.28. The summed E-state index contributed by atoms with van der Waals surface area (Å²) in [6.45, 7) is 13.2. The third-order valence-electron chi connectivity index (χ3n) is 5.10. The average molecular weight is 409 g/mol. The number of esters is 1. The van der Waals surface area contributed by atoms with Crippen molar-refractivity contribution in [1.82, 2.24) is 0 Å². The van der Waals surface area contributed by atoms with Crippen LogP contribution in [0, 0.1) is 0 Å². The molecule has 30 heavy (non-hydrogen) atoms. The molecular formula is C27H36O3. The molecule has 0 fully saturated rings. The van der Waals surface area contributed by atoms with Crippen LogP contribution in [0.25, 0.3) is 6.08 Å². The molecule has 0 saturated heterocycles. The summed E-state index contributed by atoms with van der Waals surface area (Å²) in [6, 6.07) is 13.9. The van der Waals surface area contributed by atoms with Crippen LogP contribution < -0.4 is 0 Å². The lowest BCUT2D eigenvalue weighted by molar-refractivity contribution is -0.137. The van der Waals surface area contributed by atoms with E-state index in [4.69, 9.17) is 4.74 Å². The van der Waals surface area contributed by atoms with Gasteiger partial charge in [0.15, 0.2) is 0 Å². The van der Waals surface area contributed by atoms with Gasteiger partial charge in [-0.2, -0.15) is 0 Å². The summed E-state index contributed by atoms with van der Waals surface area (Å²) in [4.78, 5) is 11.9. The van der Waals surface area contributed by atoms with Crippen LogP contribution in [-0.2, 0) is 26.8 Å². The Kier molecular flexibility index (Phi) is 7.89. The average Bonchev–Trinajstić information content (AvgIpc) is 2.66. The Morgan fingerprint density at radius 2 is 1.50 bits per heavy atom. The van der Waals surface area contributed by atoms with Gasteiger partial charge in [-0.15, -0.1) is 0 Å². The van der Waals surface area contributed by atoms with Crippen LogP contribution >= 0.6 is 0 Å². The summed E-state index contributed by atoms with van der Waals surface area (Å²) in [5.41, 5.74) is 3.93.